The molecule has 0 radical (unpaired) electrons. The maximum atomic E-state index is 12.5. The molecule has 0 saturated carbocycles. The number of piperazine rings is 1. The highest BCUT2D eigenvalue weighted by Gasteiger charge is 2.22. The largest absolute Gasteiger partial charge is 0.353 e. The van der Waals surface area contributed by atoms with Crippen LogP contribution in [-0.4, -0.2) is 73.7 Å². The van der Waals surface area contributed by atoms with Gasteiger partial charge < -0.3 is 25.8 Å². The highest BCUT2D eigenvalue weighted by molar-refractivity contribution is 5.95. The molecular weight excluding hydrogens is 410 g/mol. The highest BCUT2D eigenvalue weighted by Crippen LogP contribution is 2.21. The van der Waals surface area contributed by atoms with Gasteiger partial charge in [-0.2, -0.15) is 0 Å². The Morgan fingerprint density at radius 2 is 1.88 bits per heavy atom. The van der Waals surface area contributed by atoms with Crippen LogP contribution < -0.4 is 25.8 Å². The number of urea groups is 2. The molecular formula is C22H27N7O3. The van der Waals surface area contributed by atoms with Crippen LogP contribution in [0.2, 0.25) is 0 Å². The predicted molar refractivity (Wildman–Crippen MR) is 122 cm³/mol. The molecule has 10 heteroatoms. The lowest BCUT2D eigenvalue weighted by Crippen LogP contribution is -2.49. The van der Waals surface area contributed by atoms with E-state index in [1.165, 1.54) is 0 Å². The number of benzene rings is 1. The molecule has 1 aromatic heterocycles. The van der Waals surface area contributed by atoms with E-state index in [1.54, 1.807) is 29.3 Å². The maximum Gasteiger partial charge on any atom is 0.321 e. The van der Waals surface area contributed by atoms with Crippen molar-refractivity contribution in [1.82, 2.24) is 20.5 Å². The molecule has 2 aromatic rings. The SMILES string of the molecule is O=C(NCCC(=O)N1CCN(c2ccccn2)CC1)Nc1cccc(N2CCNC2=O)c1. The number of carbonyl (C=O) groups excluding carboxylic acids is 3. The lowest BCUT2D eigenvalue weighted by atomic mass is 10.2. The van der Waals surface area contributed by atoms with Gasteiger partial charge in [0.1, 0.15) is 5.82 Å². The first-order valence-electron chi connectivity index (χ1n) is 10.7. The lowest BCUT2D eigenvalue weighted by Gasteiger charge is -2.35. The number of hydrogen-bond acceptors (Lipinski definition) is 5. The van der Waals surface area contributed by atoms with E-state index in [9.17, 15) is 14.4 Å². The third kappa shape index (κ3) is 5.26. The van der Waals surface area contributed by atoms with Gasteiger partial charge in [-0.05, 0) is 30.3 Å². The average molecular weight is 438 g/mol. The molecule has 3 heterocycles. The topological polar surface area (TPSA) is 110 Å². The number of nitrogens with one attached hydrogen (secondary N) is 3. The van der Waals surface area contributed by atoms with E-state index in [4.69, 9.17) is 0 Å². The minimum Gasteiger partial charge on any atom is -0.353 e. The van der Waals surface area contributed by atoms with Crippen LogP contribution in [0.1, 0.15) is 6.42 Å². The van der Waals surface area contributed by atoms with Gasteiger partial charge >= 0.3 is 12.1 Å². The van der Waals surface area contributed by atoms with Crippen molar-refractivity contribution in [3.63, 3.8) is 0 Å². The summed E-state index contributed by atoms with van der Waals surface area (Å²) >= 11 is 0. The summed E-state index contributed by atoms with van der Waals surface area (Å²) in [7, 11) is 0. The average Bonchev–Trinajstić information content (AvgIpc) is 3.26. The quantitative estimate of drug-likeness (QED) is 0.634. The van der Waals surface area contributed by atoms with E-state index in [0.29, 0.717) is 31.9 Å². The Morgan fingerprint density at radius 3 is 2.59 bits per heavy atom. The summed E-state index contributed by atoms with van der Waals surface area (Å²) in [5.74, 6) is 0.945. The molecule has 0 atom stereocenters. The fourth-order valence-electron chi connectivity index (χ4n) is 3.81. The first-order chi connectivity index (χ1) is 15.6. The second kappa shape index (κ2) is 9.99. The standard InChI is InChI=1S/C22H27N7O3/c30-20(28-14-12-27(13-15-28)19-6-1-2-8-23-19)7-9-24-21(31)26-17-4-3-5-18(16-17)29-11-10-25-22(29)32/h1-6,8,16H,7,9-15H2,(H,25,32)(H2,24,26,31). The Labute approximate surface area is 186 Å². The van der Waals surface area contributed by atoms with Gasteiger partial charge in [0.05, 0.1) is 0 Å². The van der Waals surface area contributed by atoms with E-state index in [-0.39, 0.29) is 30.9 Å². The van der Waals surface area contributed by atoms with Crippen molar-refractivity contribution >= 4 is 35.2 Å². The fourth-order valence-corrected chi connectivity index (χ4v) is 3.81. The molecule has 0 spiro atoms. The molecule has 0 aliphatic carbocycles. The van der Waals surface area contributed by atoms with Crippen molar-refractivity contribution in [3.8, 4) is 0 Å². The fraction of sp³-hybridized carbons (Fsp3) is 0.364. The molecule has 2 aliphatic rings. The van der Waals surface area contributed by atoms with Crippen LogP contribution in [0.3, 0.4) is 0 Å². The molecule has 3 N–H and O–H groups in total. The number of nitrogens with zero attached hydrogens (tertiary/aromatic N) is 4. The van der Waals surface area contributed by atoms with Gasteiger partial charge in [-0.25, -0.2) is 14.6 Å². The van der Waals surface area contributed by atoms with Gasteiger partial charge in [0.25, 0.3) is 0 Å². The van der Waals surface area contributed by atoms with Crippen LogP contribution in [0.5, 0.6) is 0 Å². The number of pyridine rings is 1. The summed E-state index contributed by atoms with van der Waals surface area (Å²) in [5, 5.41) is 8.22. The van der Waals surface area contributed by atoms with Crippen molar-refractivity contribution < 1.29 is 14.4 Å². The molecule has 0 bridgehead atoms. The van der Waals surface area contributed by atoms with Gasteiger partial charge in [-0.15, -0.1) is 0 Å². The van der Waals surface area contributed by atoms with Crippen molar-refractivity contribution in [1.29, 1.82) is 0 Å². The lowest BCUT2D eigenvalue weighted by molar-refractivity contribution is -0.131. The van der Waals surface area contributed by atoms with Crippen LogP contribution >= 0.6 is 0 Å². The highest BCUT2D eigenvalue weighted by atomic mass is 16.2. The third-order valence-corrected chi connectivity index (χ3v) is 5.50. The minimum atomic E-state index is -0.388. The van der Waals surface area contributed by atoms with E-state index in [1.807, 2.05) is 29.2 Å². The molecule has 5 amide bonds. The zero-order valence-corrected chi connectivity index (χ0v) is 17.8. The number of anilines is 3. The maximum absolute atomic E-state index is 12.5. The molecule has 1 aromatic carbocycles. The molecule has 0 unspecified atom stereocenters. The van der Waals surface area contributed by atoms with Gasteiger partial charge in [0, 0.05) is 69.8 Å². The second-order valence-electron chi connectivity index (χ2n) is 7.62. The van der Waals surface area contributed by atoms with Crippen molar-refractivity contribution in [2.45, 2.75) is 6.42 Å². The molecule has 4 rings (SSSR count). The Balaban J connectivity index is 1.18. The van der Waals surface area contributed by atoms with E-state index >= 15 is 0 Å². The normalized spacial score (nSPS) is 16.0. The minimum absolute atomic E-state index is 0.0213. The smallest absolute Gasteiger partial charge is 0.321 e. The Morgan fingerprint density at radius 1 is 1.03 bits per heavy atom. The summed E-state index contributed by atoms with van der Waals surface area (Å²) in [4.78, 5) is 46.5. The Bertz CT molecular complexity index is 961. The first kappa shape index (κ1) is 21.4. The number of rotatable bonds is 6. The van der Waals surface area contributed by atoms with Crippen molar-refractivity contribution in [2.75, 3.05) is 60.9 Å². The number of aromatic nitrogens is 1. The molecule has 2 fully saturated rings. The second-order valence-corrected chi connectivity index (χ2v) is 7.62. The summed E-state index contributed by atoms with van der Waals surface area (Å²) in [6, 6.07) is 12.4. The van der Waals surface area contributed by atoms with Crippen LogP contribution in [0.15, 0.2) is 48.7 Å². The molecule has 32 heavy (non-hydrogen) atoms. The third-order valence-electron chi connectivity index (χ3n) is 5.50. The van der Waals surface area contributed by atoms with Gasteiger partial charge in [0.2, 0.25) is 5.91 Å². The van der Waals surface area contributed by atoms with Crippen LogP contribution in [0, 0.1) is 0 Å². The van der Waals surface area contributed by atoms with Gasteiger partial charge in [-0.3, -0.25) is 9.69 Å². The van der Waals surface area contributed by atoms with Crippen LogP contribution in [0.4, 0.5) is 26.8 Å². The predicted octanol–water partition coefficient (Wildman–Crippen LogP) is 1.47. The molecule has 168 valence electrons. The number of carbonyl (C=O) groups is 3. The summed E-state index contributed by atoms with van der Waals surface area (Å²) in [5.41, 5.74) is 1.30. The van der Waals surface area contributed by atoms with Crippen molar-refractivity contribution in [2.24, 2.45) is 0 Å². The van der Waals surface area contributed by atoms with Crippen LogP contribution in [-0.2, 0) is 4.79 Å². The number of amides is 5. The summed E-state index contributed by atoms with van der Waals surface area (Å²) < 4.78 is 0. The zero-order chi connectivity index (χ0) is 22.3. The van der Waals surface area contributed by atoms with Crippen molar-refractivity contribution in [3.05, 3.63) is 48.7 Å². The van der Waals surface area contributed by atoms with E-state index < -0.39 is 0 Å². The van der Waals surface area contributed by atoms with Gasteiger partial charge in [0.15, 0.2) is 0 Å². The Hall–Kier alpha value is -3.82. The van der Waals surface area contributed by atoms with Crippen LogP contribution in [0.25, 0.3) is 0 Å². The zero-order valence-electron chi connectivity index (χ0n) is 17.8. The summed E-state index contributed by atoms with van der Waals surface area (Å²) in [6.07, 6.45) is 2.01. The molecule has 2 aliphatic heterocycles. The van der Waals surface area contributed by atoms with E-state index in [2.05, 4.69) is 25.8 Å². The number of hydrogen-bond donors (Lipinski definition) is 3. The molecule has 10 nitrogen and oxygen atoms in total. The molecule has 2 saturated heterocycles. The summed E-state index contributed by atoms with van der Waals surface area (Å²) in [6.45, 7) is 4.19. The monoisotopic (exact) mass is 437 g/mol. The first-order valence-corrected chi connectivity index (χ1v) is 10.7. The Kier molecular flexibility index (Phi) is 6.69. The van der Waals surface area contributed by atoms with Gasteiger partial charge in [-0.1, -0.05) is 12.1 Å². The van der Waals surface area contributed by atoms with E-state index in [0.717, 1.165) is 24.6 Å².